The van der Waals surface area contributed by atoms with Gasteiger partial charge < -0.3 is 15.4 Å². The SMILES string of the molecule is CC1OCCC1N(C)C(=O)c1sc2cccc(Cl)c2c1N. The molecule has 112 valence electrons. The molecule has 21 heavy (non-hydrogen) atoms. The molecule has 4 nitrogen and oxygen atoms in total. The summed E-state index contributed by atoms with van der Waals surface area (Å²) in [6.07, 6.45) is 0.910. The monoisotopic (exact) mass is 324 g/mol. The predicted octanol–water partition coefficient (Wildman–Crippen LogP) is 3.39. The second-order valence-electron chi connectivity index (χ2n) is 5.31. The molecule has 3 rings (SSSR count). The summed E-state index contributed by atoms with van der Waals surface area (Å²) in [5.41, 5.74) is 6.64. The molecule has 2 N–H and O–H groups in total. The van der Waals surface area contributed by atoms with Gasteiger partial charge >= 0.3 is 0 Å². The summed E-state index contributed by atoms with van der Waals surface area (Å²) in [4.78, 5) is 15.0. The summed E-state index contributed by atoms with van der Waals surface area (Å²) < 4.78 is 6.48. The van der Waals surface area contributed by atoms with Gasteiger partial charge in [-0.2, -0.15) is 0 Å². The second-order valence-corrected chi connectivity index (χ2v) is 6.77. The highest BCUT2D eigenvalue weighted by Crippen LogP contribution is 2.39. The van der Waals surface area contributed by atoms with E-state index in [1.165, 1.54) is 11.3 Å². The largest absolute Gasteiger partial charge is 0.397 e. The van der Waals surface area contributed by atoms with Gasteiger partial charge in [0.15, 0.2) is 0 Å². The first-order valence-corrected chi connectivity index (χ1v) is 8.05. The minimum atomic E-state index is -0.0629. The maximum absolute atomic E-state index is 12.7. The molecule has 2 heterocycles. The predicted molar refractivity (Wildman–Crippen MR) is 87.2 cm³/mol. The molecule has 0 radical (unpaired) electrons. The van der Waals surface area contributed by atoms with Gasteiger partial charge in [0.05, 0.1) is 22.9 Å². The van der Waals surface area contributed by atoms with E-state index in [1.807, 2.05) is 26.1 Å². The van der Waals surface area contributed by atoms with Gasteiger partial charge in [0, 0.05) is 23.7 Å². The first kappa shape index (κ1) is 14.6. The first-order valence-electron chi connectivity index (χ1n) is 6.86. The number of hydrogen-bond acceptors (Lipinski definition) is 4. The van der Waals surface area contributed by atoms with Crippen molar-refractivity contribution in [2.45, 2.75) is 25.5 Å². The Morgan fingerprint density at radius 2 is 2.29 bits per heavy atom. The Kier molecular flexibility index (Phi) is 3.82. The normalized spacial score (nSPS) is 21.9. The van der Waals surface area contributed by atoms with Crippen LogP contribution in [0.2, 0.25) is 5.02 Å². The Labute approximate surface area is 132 Å². The van der Waals surface area contributed by atoms with Crippen LogP contribution < -0.4 is 5.73 Å². The number of likely N-dealkylation sites (N-methyl/N-ethyl adjacent to an activating group) is 1. The maximum atomic E-state index is 12.7. The number of carbonyl (C=O) groups is 1. The fraction of sp³-hybridized carbons (Fsp3) is 0.400. The molecule has 1 aliphatic heterocycles. The van der Waals surface area contributed by atoms with E-state index in [-0.39, 0.29) is 18.1 Å². The molecule has 1 aromatic heterocycles. The third kappa shape index (κ3) is 2.39. The summed E-state index contributed by atoms with van der Waals surface area (Å²) in [7, 11) is 1.81. The third-order valence-electron chi connectivity index (χ3n) is 4.05. The number of carbonyl (C=O) groups excluding carboxylic acids is 1. The van der Waals surface area contributed by atoms with Crippen molar-refractivity contribution in [3.8, 4) is 0 Å². The number of hydrogen-bond donors (Lipinski definition) is 1. The number of nitrogen functional groups attached to an aromatic ring is 1. The van der Waals surface area contributed by atoms with Crippen molar-refractivity contribution in [3.05, 3.63) is 28.1 Å². The molecule has 2 aromatic rings. The maximum Gasteiger partial charge on any atom is 0.266 e. The van der Waals surface area contributed by atoms with Crippen molar-refractivity contribution in [2.24, 2.45) is 0 Å². The molecule has 6 heteroatoms. The second kappa shape index (κ2) is 5.48. The van der Waals surface area contributed by atoms with Crippen molar-refractivity contribution < 1.29 is 9.53 Å². The van der Waals surface area contributed by atoms with Gasteiger partial charge in [-0.25, -0.2) is 0 Å². The van der Waals surface area contributed by atoms with E-state index >= 15 is 0 Å². The van der Waals surface area contributed by atoms with Crippen LogP contribution in [0.1, 0.15) is 23.0 Å². The minimum absolute atomic E-state index is 0.0538. The topological polar surface area (TPSA) is 55.6 Å². The molecule has 0 bridgehead atoms. The van der Waals surface area contributed by atoms with Crippen LogP contribution in [0.25, 0.3) is 10.1 Å². The van der Waals surface area contributed by atoms with Crippen LogP contribution in [0, 0.1) is 0 Å². The molecule has 1 amide bonds. The number of nitrogens with two attached hydrogens (primary N) is 1. The van der Waals surface area contributed by atoms with Gasteiger partial charge in [-0.3, -0.25) is 4.79 Å². The summed E-state index contributed by atoms with van der Waals surface area (Å²) in [5, 5.41) is 1.36. The number of nitrogens with zero attached hydrogens (tertiary/aromatic N) is 1. The van der Waals surface area contributed by atoms with Crippen LogP contribution >= 0.6 is 22.9 Å². The summed E-state index contributed by atoms with van der Waals surface area (Å²) >= 11 is 7.58. The van der Waals surface area contributed by atoms with Crippen LogP contribution in [0.4, 0.5) is 5.69 Å². The molecule has 1 saturated heterocycles. The van der Waals surface area contributed by atoms with Gasteiger partial charge in [0.1, 0.15) is 4.88 Å². The Balaban J connectivity index is 1.98. The van der Waals surface area contributed by atoms with Gasteiger partial charge in [-0.1, -0.05) is 17.7 Å². The Bertz CT molecular complexity index is 700. The molecular weight excluding hydrogens is 308 g/mol. The zero-order valence-electron chi connectivity index (χ0n) is 11.9. The van der Waals surface area contributed by atoms with Crippen LogP contribution in [0.15, 0.2) is 18.2 Å². The average Bonchev–Trinajstić information content (AvgIpc) is 3.02. The number of anilines is 1. The number of fused-ring (bicyclic) bond motifs is 1. The minimum Gasteiger partial charge on any atom is -0.397 e. The molecule has 1 fully saturated rings. The van der Waals surface area contributed by atoms with E-state index in [0.29, 0.717) is 22.2 Å². The van der Waals surface area contributed by atoms with Gasteiger partial charge in [-0.15, -0.1) is 11.3 Å². The van der Waals surface area contributed by atoms with Gasteiger partial charge in [-0.05, 0) is 25.5 Å². The standard InChI is InChI=1S/C15H17ClN2O2S/c1-8-10(6-7-20-8)18(2)15(19)14-13(17)12-9(16)4-3-5-11(12)21-14/h3-5,8,10H,6-7,17H2,1-2H3. The lowest BCUT2D eigenvalue weighted by Gasteiger charge is -2.26. The molecule has 1 aliphatic rings. The van der Waals surface area contributed by atoms with Crippen molar-refractivity contribution in [1.82, 2.24) is 4.90 Å². The van der Waals surface area contributed by atoms with E-state index in [0.717, 1.165) is 16.5 Å². The number of amides is 1. The summed E-state index contributed by atoms with van der Waals surface area (Å²) in [6, 6.07) is 5.68. The van der Waals surface area contributed by atoms with Crippen LogP contribution in [-0.2, 0) is 4.74 Å². The highest BCUT2D eigenvalue weighted by Gasteiger charge is 2.32. The Morgan fingerprint density at radius 3 is 2.90 bits per heavy atom. The highest BCUT2D eigenvalue weighted by atomic mass is 35.5. The highest BCUT2D eigenvalue weighted by molar-refractivity contribution is 7.21. The lowest BCUT2D eigenvalue weighted by molar-refractivity contribution is 0.0579. The molecule has 0 spiro atoms. The Hall–Kier alpha value is -1.30. The zero-order chi connectivity index (χ0) is 15.1. The molecule has 2 atom stereocenters. The zero-order valence-corrected chi connectivity index (χ0v) is 13.5. The van der Waals surface area contributed by atoms with Crippen LogP contribution in [-0.4, -0.2) is 36.6 Å². The molecule has 1 aromatic carbocycles. The van der Waals surface area contributed by atoms with Crippen molar-refractivity contribution in [3.63, 3.8) is 0 Å². The Morgan fingerprint density at radius 1 is 1.52 bits per heavy atom. The van der Waals surface area contributed by atoms with Crippen LogP contribution in [0.5, 0.6) is 0 Å². The van der Waals surface area contributed by atoms with E-state index in [1.54, 1.807) is 11.0 Å². The van der Waals surface area contributed by atoms with Crippen molar-refractivity contribution >= 4 is 44.6 Å². The summed E-state index contributed by atoms with van der Waals surface area (Å²) in [5.74, 6) is -0.0629. The van der Waals surface area contributed by atoms with Crippen LogP contribution in [0.3, 0.4) is 0 Å². The molecular formula is C15H17ClN2O2S. The quantitative estimate of drug-likeness (QED) is 0.921. The van der Waals surface area contributed by atoms with Gasteiger partial charge in [0.25, 0.3) is 5.91 Å². The molecule has 0 aliphatic carbocycles. The van der Waals surface area contributed by atoms with Crippen molar-refractivity contribution in [1.29, 1.82) is 0 Å². The van der Waals surface area contributed by atoms with E-state index in [4.69, 9.17) is 22.1 Å². The van der Waals surface area contributed by atoms with E-state index in [9.17, 15) is 4.79 Å². The lowest BCUT2D eigenvalue weighted by atomic mass is 10.1. The molecule has 0 saturated carbocycles. The fourth-order valence-electron chi connectivity index (χ4n) is 2.83. The summed E-state index contributed by atoms with van der Waals surface area (Å²) in [6.45, 7) is 2.68. The van der Waals surface area contributed by atoms with E-state index < -0.39 is 0 Å². The van der Waals surface area contributed by atoms with Gasteiger partial charge in [0.2, 0.25) is 0 Å². The van der Waals surface area contributed by atoms with E-state index in [2.05, 4.69) is 0 Å². The smallest absolute Gasteiger partial charge is 0.266 e. The fourth-order valence-corrected chi connectivity index (χ4v) is 4.29. The number of halogens is 1. The lowest BCUT2D eigenvalue weighted by Crippen LogP contribution is -2.40. The molecule has 2 unspecified atom stereocenters. The third-order valence-corrected chi connectivity index (χ3v) is 5.52. The number of rotatable bonds is 2. The number of ether oxygens (including phenoxy) is 1. The number of thiophene rings is 1. The first-order chi connectivity index (χ1) is 10.0. The average molecular weight is 325 g/mol. The number of benzene rings is 1. The van der Waals surface area contributed by atoms with Crippen molar-refractivity contribution in [2.75, 3.05) is 19.4 Å².